The molecular formula is C14H14ClIN4O2. The second-order valence-corrected chi connectivity index (χ2v) is 5.79. The van der Waals surface area contributed by atoms with Crippen molar-refractivity contribution in [1.82, 2.24) is 15.3 Å². The SMILES string of the molecule is COc1cc(I)c(Cl)cc1C(=O)NCCNc1ncccn1. The number of methoxy groups -OCH3 is 1. The molecule has 1 aromatic heterocycles. The summed E-state index contributed by atoms with van der Waals surface area (Å²) >= 11 is 8.14. The number of carbonyl (C=O) groups is 1. The lowest BCUT2D eigenvalue weighted by atomic mass is 10.2. The first-order valence-electron chi connectivity index (χ1n) is 6.44. The summed E-state index contributed by atoms with van der Waals surface area (Å²) in [7, 11) is 1.52. The first-order valence-corrected chi connectivity index (χ1v) is 7.89. The van der Waals surface area contributed by atoms with Crippen LogP contribution in [0.5, 0.6) is 5.75 Å². The Kier molecular flexibility index (Phi) is 6.20. The molecule has 0 aliphatic rings. The van der Waals surface area contributed by atoms with E-state index in [1.165, 1.54) is 7.11 Å². The molecule has 0 saturated heterocycles. The third kappa shape index (κ3) is 4.44. The Balaban J connectivity index is 1.91. The maximum Gasteiger partial charge on any atom is 0.255 e. The Labute approximate surface area is 146 Å². The van der Waals surface area contributed by atoms with Crippen molar-refractivity contribution in [1.29, 1.82) is 0 Å². The normalized spacial score (nSPS) is 10.1. The minimum absolute atomic E-state index is 0.245. The van der Waals surface area contributed by atoms with Crippen LogP contribution in [0.3, 0.4) is 0 Å². The molecule has 0 aliphatic heterocycles. The summed E-state index contributed by atoms with van der Waals surface area (Å²) in [5.41, 5.74) is 0.406. The van der Waals surface area contributed by atoms with Crippen LogP contribution in [0.4, 0.5) is 5.95 Å². The summed E-state index contributed by atoms with van der Waals surface area (Å²) in [6.07, 6.45) is 3.29. The molecule has 0 saturated carbocycles. The van der Waals surface area contributed by atoms with E-state index in [0.717, 1.165) is 3.57 Å². The van der Waals surface area contributed by atoms with Gasteiger partial charge < -0.3 is 15.4 Å². The van der Waals surface area contributed by atoms with Gasteiger partial charge in [0.1, 0.15) is 5.75 Å². The van der Waals surface area contributed by atoms with Crippen molar-refractivity contribution in [2.75, 3.05) is 25.5 Å². The monoisotopic (exact) mass is 432 g/mol. The van der Waals surface area contributed by atoms with Crippen LogP contribution in [0, 0.1) is 3.57 Å². The predicted molar refractivity (Wildman–Crippen MR) is 93.6 cm³/mol. The van der Waals surface area contributed by atoms with Gasteiger partial charge in [-0.3, -0.25) is 4.79 Å². The number of nitrogens with one attached hydrogen (secondary N) is 2. The van der Waals surface area contributed by atoms with Gasteiger partial charge in [0.15, 0.2) is 0 Å². The van der Waals surface area contributed by atoms with E-state index in [9.17, 15) is 4.79 Å². The van der Waals surface area contributed by atoms with Crippen LogP contribution in [0.2, 0.25) is 5.02 Å². The van der Waals surface area contributed by atoms with Crippen molar-refractivity contribution in [3.8, 4) is 5.75 Å². The number of rotatable bonds is 6. The summed E-state index contributed by atoms with van der Waals surface area (Å²) in [6.45, 7) is 0.931. The summed E-state index contributed by atoms with van der Waals surface area (Å²) in [5.74, 6) is 0.767. The standard InChI is InChI=1S/C14H14ClIN4O2/c1-22-12-8-11(16)10(15)7-9(12)13(21)17-5-6-20-14-18-3-2-4-19-14/h2-4,7-8H,5-6H2,1H3,(H,17,21)(H,18,19,20). The van der Waals surface area contributed by atoms with Gasteiger partial charge in [-0.15, -0.1) is 0 Å². The number of halogens is 2. The maximum atomic E-state index is 12.2. The molecule has 0 radical (unpaired) electrons. The van der Waals surface area contributed by atoms with Gasteiger partial charge in [-0.25, -0.2) is 9.97 Å². The van der Waals surface area contributed by atoms with E-state index in [1.54, 1.807) is 30.6 Å². The molecular weight excluding hydrogens is 419 g/mol. The molecule has 0 bridgehead atoms. The topological polar surface area (TPSA) is 76.1 Å². The molecule has 1 aromatic carbocycles. The minimum atomic E-state index is -0.245. The molecule has 0 aliphatic carbocycles. The maximum absolute atomic E-state index is 12.2. The smallest absolute Gasteiger partial charge is 0.255 e. The van der Waals surface area contributed by atoms with Gasteiger partial charge in [0.2, 0.25) is 5.95 Å². The van der Waals surface area contributed by atoms with Gasteiger partial charge >= 0.3 is 0 Å². The summed E-state index contributed by atoms with van der Waals surface area (Å²) in [5, 5.41) is 6.31. The van der Waals surface area contributed by atoms with Crippen LogP contribution in [0.15, 0.2) is 30.6 Å². The van der Waals surface area contributed by atoms with Crippen LogP contribution in [-0.2, 0) is 0 Å². The second kappa shape index (κ2) is 8.14. The van der Waals surface area contributed by atoms with Crippen molar-refractivity contribution in [3.05, 3.63) is 44.7 Å². The molecule has 8 heteroatoms. The van der Waals surface area contributed by atoms with Crippen LogP contribution in [0.25, 0.3) is 0 Å². The van der Waals surface area contributed by atoms with Gasteiger partial charge in [0, 0.05) is 29.1 Å². The van der Waals surface area contributed by atoms with E-state index in [0.29, 0.717) is 35.4 Å². The quantitative estimate of drug-likeness (QED) is 0.542. The van der Waals surface area contributed by atoms with Crippen molar-refractivity contribution in [3.63, 3.8) is 0 Å². The fraction of sp³-hybridized carbons (Fsp3) is 0.214. The largest absolute Gasteiger partial charge is 0.496 e. The Morgan fingerprint density at radius 3 is 2.73 bits per heavy atom. The number of aromatic nitrogens is 2. The molecule has 2 rings (SSSR count). The van der Waals surface area contributed by atoms with Crippen LogP contribution in [-0.4, -0.2) is 36.1 Å². The zero-order chi connectivity index (χ0) is 15.9. The molecule has 2 N–H and O–H groups in total. The zero-order valence-electron chi connectivity index (χ0n) is 11.8. The minimum Gasteiger partial charge on any atom is -0.496 e. The number of hydrogen-bond acceptors (Lipinski definition) is 5. The van der Waals surface area contributed by atoms with Crippen molar-refractivity contribution in [2.45, 2.75) is 0 Å². The predicted octanol–water partition coefficient (Wildman–Crippen LogP) is 2.59. The highest BCUT2D eigenvalue weighted by Gasteiger charge is 2.14. The first kappa shape index (κ1) is 16.8. The lowest BCUT2D eigenvalue weighted by Gasteiger charge is -2.11. The Hall–Kier alpha value is -1.61. The van der Waals surface area contributed by atoms with Crippen LogP contribution >= 0.6 is 34.2 Å². The van der Waals surface area contributed by atoms with E-state index in [-0.39, 0.29) is 5.91 Å². The molecule has 1 heterocycles. The third-order valence-corrected chi connectivity index (χ3v) is 4.27. The van der Waals surface area contributed by atoms with E-state index in [1.807, 2.05) is 0 Å². The molecule has 6 nitrogen and oxygen atoms in total. The Morgan fingerprint density at radius 2 is 2.05 bits per heavy atom. The molecule has 0 spiro atoms. The highest BCUT2D eigenvalue weighted by molar-refractivity contribution is 14.1. The number of ether oxygens (including phenoxy) is 1. The number of hydrogen-bond donors (Lipinski definition) is 2. The zero-order valence-corrected chi connectivity index (χ0v) is 14.7. The molecule has 0 unspecified atom stereocenters. The number of anilines is 1. The van der Waals surface area contributed by atoms with E-state index < -0.39 is 0 Å². The fourth-order valence-corrected chi connectivity index (χ4v) is 2.31. The second-order valence-electron chi connectivity index (χ2n) is 4.22. The molecule has 2 aromatic rings. The lowest BCUT2D eigenvalue weighted by Crippen LogP contribution is -2.29. The average Bonchev–Trinajstić information content (AvgIpc) is 2.54. The molecule has 116 valence electrons. The van der Waals surface area contributed by atoms with E-state index >= 15 is 0 Å². The van der Waals surface area contributed by atoms with Gasteiger partial charge in [0.05, 0.1) is 17.7 Å². The Morgan fingerprint density at radius 1 is 1.32 bits per heavy atom. The van der Waals surface area contributed by atoms with Crippen LogP contribution < -0.4 is 15.4 Å². The Bertz CT molecular complexity index is 655. The number of amides is 1. The van der Waals surface area contributed by atoms with Crippen molar-refractivity contribution in [2.24, 2.45) is 0 Å². The fourth-order valence-electron chi connectivity index (χ4n) is 1.71. The summed E-state index contributed by atoms with van der Waals surface area (Å²) in [4.78, 5) is 20.2. The lowest BCUT2D eigenvalue weighted by molar-refractivity contribution is 0.0952. The van der Waals surface area contributed by atoms with Crippen LogP contribution in [0.1, 0.15) is 10.4 Å². The third-order valence-electron chi connectivity index (χ3n) is 2.75. The van der Waals surface area contributed by atoms with E-state index in [4.69, 9.17) is 16.3 Å². The van der Waals surface area contributed by atoms with Crippen molar-refractivity contribution < 1.29 is 9.53 Å². The molecule has 22 heavy (non-hydrogen) atoms. The summed E-state index contributed by atoms with van der Waals surface area (Å²) < 4.78 is 6.05. The highest BCUT2D eigenvalue weighted by atomic mass is 127. The number of benzene rings is 1. The average molecular weight is 433 g/mol. The number of carbonyl (C=O) groups excluding carboxylic acids is 1. The van der Waals surface area contributed by atoms with E-state index in [2.05, 4.69) is 43.2 Å². The summed E-state index contributed by atoms with van der Waals surface area (Å²) in [6, 6.07) is 5.07. The number of nitrogens with zero attached hydrogens (tertiary/aromatic N) is 2. The van der Waals surface area contributed by atoms with Gasteiger partial charge in [-0.05, 0) is 40.8 Å². The van der Waals surface area contributed by atoms with Gasteiger partial charge in [-0.1, -0.05) is 11.6 Å². The van der Waals surface area contributed by atoms with Crippen molar-refractivity contribution >= 4 is 46.0 Å². The first-order chi connectivity index (χ1) is 10.6. The highest BCUT2D eigenvalue weighted by Crippen LogP contribution is 2.28. The van der Waals surface area contributed by atoms with Gasteiger partial charge in [-0.2, -0.15) is 0 Å². The molecule has 0 atom stereocenters. The molecule has 1 amide bonds. The molecule has 0 fully saturated rings. The van der Waals surface area contributed by atoms with Gasteiger partial charge in [0.25, 0.3) is 5.91 Å².